The monoisotopic (exact) mass is 511 g/mol. The van der Waals surface area contributed by atoms with Crippen molar-refractivity contribution < 1.29 is 13.9 Å². The van der Waals surface area contributed by atoms with Gasteiger partial charge in [-0.25, -0.2) is 4.39 Å². The van der Waals surface area contributed by atoms with Crippen LogP contribution >= 0.6 is 35.6 Å². The van der Waals surface area contributed by atoms with Gasteiger partial charge in [-0.2, -0.15) is 0 Å². The van der Waals surface area contributed by atoms with Crippen molar-refractivity contribution in [1.29, 1.82) is 0 Å². The summed E-state index contributed by atoms with van der Waals surface area (Å²) in [6.07, 6.45) is 3.14. The zero-order valence-corrected chi connectivity index (χ0v) is 18.7. The summed E-state index contributed by atoms with van der Waals surface area (Å²) in [5.74, 6) is 0.570. The second-order valence-corrected chi connectivity index (χ2v) is 7.04. The normalized spacial score (nSPS) is 23.2. The summed E-state index contributed by atoms with van der Waals surface area (Å²) in [6, 6.07) is 4.51. The Hall–Kier alpha value is -0.640. The molecular weight excluding hydrogens is 484 g/mol. The minimum atomic E-state index is -0.316. The number of benzene rings is 1. The lowest BCUT2D eigenvalue weighted by Crippen LogP contribution is -2.53. The van der Waals surface area contributed by atoms with Crippen LogP contribution in [-0.4, -0.2) is 62.5 Å². The molecule has 0 saturated carbocycles. The van der Waals surface area contributed by atoms with E-state index >= 15 is 0 Å². The largest absolute Gasteiger partial charge is 0.375 e. The first-order valence-corrected chi connectivity index (χ1v) is 9.75. The zero-order chi connectivity index (χ0) is 18.4. The second kappa shape index (κ2) is 11.4. The highest BCUT2D eigenvalue weighted by Gasteiger charge is 2.32. The summed E-state index contributed by atoms with van der Waals surface area (Å²) in [6.45, 7) is 6.56. The highest BCUT2D eigenvalue weighted by molar-refractivity contribution is 14.0. The van der Waals surface area contributed by atoms with Crippen LogP contribution in [0.5, 0.6) is 0 Å². The first kappa shape index (κ1) is 22.6. The molecule has 2 heterocycles. The SMILES string of the molecule is CCNC(=NCCc1ccc(F)cc1Cl)N1CCOC(C2CCCO2)C1.I. The Morgan fingerprint density at radius 3 is 2.85 bits per heavy atom. The highest BCUT2D eigenvalue weighted by Crippen LogP contribution is 2.21. The fraction of sp³-hybridized carbons (Fsp3) is 0.632. The van der Waals surface area contributed by atoms with Gasteiger partial charge >= 0.3 is 0 Å². The molecule has 2 aliphatic rings. The van der Waals surface area contributed by atoms with Crippen molar-refractivity contribution in [2.75, 3.05) is 39.4 Å². The molecule has 2 aliphatic heterocycles. The Morgan fingerprint density at radius 1 is 1.33 bits per heavy atom. The minimum absolute atomic E-state index is 0. The molecule has 27 heavy (non-hydrogen) atoms. The van der Waals surface area contributed by atoms with E-state index in [4.69, 9.17) is 26.1 Å². The number of hydrogen-bond acceptors (Lipinski definition) is 3. The summed E-state index contributed by atoms with van der Waals surface area (Å²) < 4.78 is 24.9. The van der Waals surface area contributed by atoms with E-state index in [2.05, 4.69) is 17.1 Å². The van der Waals surface area contributed by atoms with Crippen LogP contribution in [0.3, 0.4) is 0 Å². The van der Waals surface area contributed by atoms with Crippen molar-refractivity contribution in [2.45, 2.75) is 38.4 Å². The third-order valence-electron chi connectivity index (χ3n) is 4.77. The highest BCUT2D eigenvalue weighted by atomic mass is 127. The van der Waals surface area contributed by atoms with Gasteiger partial charge in [0.25, 0.3) is 0 Å². The van der Waals surface area contributed by atoms with E-state index in [1.807, 2.05) is 0 Å². The molecule has 2 unspecified atom stereocenters. The molecule has 0 radical (unpaired) electrons. The van der Waals surface area contributed by atoms with Crippen LogP contribution in [0.2, 0.25) is 5.02 Å². The van der Waals surface area contributed by atoms with Gasteiger partial charge in [0.1, 0.15) is 11.9 Å². The average Bonchev–Trinajstić information content (AvgIpc) is 3.17. The summed E-state index contributed by atoms with van der Waals surface area (Å²) in [4.78, 5) is 6.98. The Kier molecular flexibility index (Phi) is 9.55. The Labute approximate surface area is 182 Å². The minimum Gasteiger partial charge on any atom is -0.375 e. The number of nitrogens with one attached hydrogen (secondary N) is 1. The maximum absolute atomic E-state index is 13.2. The number of morpholine rings is 1. The summed E-state index contributed by atoms with van der Waals surface area (Å²) in [5.41, 5.74) is 0.909. The Bertz CT molecular complexity index is 629. The quantitative estimate of drug-likeness (QED) is 0.374. The van der Waals surface area contributed by atoms with Crippen LogP contribution in [0.25, 0.3) is 0 Å². The molecule has 3 rings (SSSR count). The Morgan fingerprint density at radius 2 is 2.15 bits per heavy atom. The fourth-order valence-electron chi connectivity index (χ4n) is 3.42. The van der Waals surface area contributed by atoms with Gasteiger partial charge < -0.3 is 19.7 Å². The molecule has 0 spiro atoms. The van der Waals surface area contributed by atoms with Gasteiger partial charge in [-0.15, -0.1) is 24.0 Å². The van der Waals surface area contributed by atoms with Gasteiger partial charge in [-0.05, 0) is 43.9 Å². The van der Waals surface area contributed by atoms with Crippen LogP contribution in [0, 0.1) is 5.82 Å². The van der Waals surface area contributed by atoms with E-state index in [-0.39, 0.29) is 42.0 Å². The number of rotatable bonds is 5. The number of halogens is 3. The maximum Gasteiger partial charge on any atom is 0.194 e. The van der Waals surface area contributed by atoms with Crippen molar-refractivity contribution >= 4 is 41.5 Å². The molecule has 1 N–H and O–H groups in total. The lowest BCUT2D eigenvalue weighted by molar-refractivity contribution is -0.0817. The lowest BCUT2D eigenvalue weighted by Gasteiger charge is -2.37. The topological polar surface area (TPSA) is 46.1 Å². The third kappa shape index (κ3) is 6.44. The second-order valence-electron chi connectivity index (χ2n) is 6.63. The molecular formula is C19H28ClFIN3O2. The molecule has 0 aromatic heterocycles. The average molecular weight is 512 g/mol. The van der Waals surface area contributed by atoms with Crippen LogP contribution < -0.4 is 5.32 Å². The molecule has 0 amide bonds. The van der Waals surface area contributed by atoms with Crippen molar-refractivity contribution in [1.82, 2.24) is 10.2 Å². The molecule has 5 nitrogen and oxygen atoms in total. The molecule has 1 aromatic carbocycles. The van der Waals surface area contributed by atoms with E-state index in [1.165, 1.54) is 12.1 Å². The molecule has 2 atom stereocenters. The summed E-state index contributed by atoms with van der Waals surface area (Å²) >= 11 is 6.10. The predicted molar refractivity (Wildman–Crippen MR) is 117 cm³/mol. The number of guanidine groups is 1. The molecule has 0 aliphatic carbocycles. The first-order chi connectivity index (χ1) is 12.7. The van der Waals surface area contributed by atoms with Crippen LogP contribution in [0.15, 0.2) is 23.2 Å². The van der Waals surface area contributed by atoms with E-state index in [0.717, 1.165) is 50.6 Å². The van der Waals surface area contributed by atoms with Crippen LogP contribution in [-0.2, 0) is 15.9 Å². The summed E-state index contributed by atoms with van der Waals surface area (Å²) in [5, 5.41) is 3.81. The third-order valence-corrected chi connectivity index (χ3v) is 5.12. The van der Waals surface area contributed by atoms with Crippen molar-refractivity contribution in [3.8, 4) is 0 Å². The Balaban J connectivity index is 0.00000261. The molecule has 2 fully saturated rings. The zero-order valence-electron chi connectivity index (χ0n) is 15.6. The molecule has 8 heteroatoms. The first-order valence-electron chi connectivity index (χ1n) is 9.37. The van der Waals surface area contributed by atoms with E-state index in [9.17, 15) is 4.39 Å². The smallest absolute Gasteiger partial charge is 0.194 e. The molecule has 152 valence electrons. The maximum atomic E-state index is 13.2. The number of hydrogen-bond donors (Lipinski definition) is 1. The van der Waals surface area contributed by atoms with Crippen molar-refractivity contribution in [2.24, 2.45) is 4.99 Å². The number of ether oxygens (including phenoxy) is 2. The number of aliphatic imine (C=N–C) groups is 1. The number of nitrogens with zero attached hydrogens (tertiary/aromatic N) is 2. The van der Waals surface area contributed by atoms with E-state index < -0.39 is 0 Å². The molecule has 0 bridgehead atoms. The van der Waals surface area contributed by atoms with E-state index in [1.54, 1.807) is 6.07 Å². The van der Waals surface area contributed by atoms with Crippen LogP contribution in [0.1, 0.15) is 25.3 Å². The van der Waals surface area contributed by atoms with Crippen LogP contribution in [0.4, 0.5) is 4.39 Å². The molecule has 1 aromatic rings. The van der Waals surface area contributed by atoms with Crippen molar-refractivity contribution in [3.63, 3.8) is 0 Å². The van der Waals surface area contributed by atoms with Gasteiger partial charge in [-0.1, -0.05) is 17.7 Å². The lowest BCUT2D eigenvalue weighted by atomic mass is 10.1. The van der Waals surface area contributed by atoms with Gasteiger partial charge in [0.15, 0.2) is 5.96 Å². The van der Waals surface area contributed by atoms with Gasteiger partial charge in [0.2, 0.25) is 0 Å². The van der Waals surface area contributed by atoms with Crippen molar-refractivity contribution in [3.05, 3.63) is 34.6 Å². The molecule has 2 saturated heterocycles. The standard InChI is InChI=1S/C19H27ClFN3O2.HI/c1-2-22-19(23-8-7-14-5-6-15(21)12-16(14)20)24-9-11-26-18(13-24)17-4-3-10-25-17;/h5-6,12,17-18H,2-4,7-11,13H2,1H3,(H,22,23);1H. The summed E-state index contributed by atoms with van der Waals surface area (Å²) in [7, 11) is 0. The fourth-order valence-corrected chi connectivity index (χ4v) is 3.68. The van der Waals surface area contributed by atoms with Gasteiger partial charge in [0.05, 0.1) is 12.7 Å². The van der Waals surface area contributed by atoms with E-state index in [0.29, 0.717) is 24.6 Å². The van der Waals surface area contributed by atoms with Gasteiger partial charge in [-0.3, -0.25) is 4.99 Å². The predicted octanol–water partition coefficient (Wildman–Crippen LogP) is 3.48. The van der Waals surface area contributed by atoms with Gasteiger partial charge in [0, 0.05) is 37.8 Å².